The van der Waals surface area contributed by atoms with E-state index in [0.29, 0.717) is 43.1 Å². The van der Waals surface area contributed by atoms with E-state index in [0.717, 1.165) is 18.1 Å². The highest BCUT2D eigenvalue weighted by Gasteiger charge is 2.38. The molecule has 0 amide bonds. The Balaban J connectivity index is 2.04. The van der Waals surface area contributed by atoms with Crippen LogP contribution in [-0.4, -0.2) is 55.3 Å². The Labute approximate surface area is 197 Å². The number of alkyl halides is 3. The van der Waals surface area contributed by atoms with Gasteiger partial charge in [-0.15, -0.1) is 0 Å². The molecule has 186 valence electrons. The highest BCUT2D eigenvalue weighted by molar-refractivity contribution is 6.05. The molecule has 10 heteroatoms. The van der Waals surface area contributed by atoms with E-state index in [2.05, 4.69) is 4.98 Å². The molecule has 0 aliphatic heterocycles. The molecular weight excluding hydrogens is 451 g/mol. The number of hydrogen-bond acceptors (Lipinski definition) is 7. The Morgan fingerprint density at radius 1 is 1.32 bits per heavy atom. The van der Waals surface area contributed by atoms with Gasteiger partial charge in [-0.3, -0.25) is 5.41 Å². The minimum Gasteiger partial charge on any atom is -0.508 e. The molecular formula is C24H30F3N3O4. The van der Waals surface area contributed by atoms with Crippen molar-refractivity contribution in [1.82, 2.24) is 4.98 Å². The lowest BCUT2D eigenvalue weighted by atomic mass is 9.99. The van der Waals surface area contributed by atoms with Crippen LogP contribution in [0.15, 0.2) is 47.6 Å². The second-order valence-electron chi connectivity index (χ2n) is 7.95. The number of aliphatic hydroxyl groups excluding tert-OH is 1. The summed E-state index contributed by atoms with van der Waals surface area (Å²) < 4.78 is 49.5. The van der Waals surface area contributed by atoms with Crippen molar-refractivity contribution in [1.29, 1.82) is 5.41 Å². The predicted octanol–water partition coefficient (Wildman–Crippen LogP) is 5.28. The van der Waals surface area contributed by atoms with E-state index < -0.39 is 35.1 Å². The number of aryl methyl sites for hydroxylation is 1. The number of ether oxygens (including phenoxy) is 2. The summed E-state index contributed by atoms with van der Waals surface area (Å²) in [6, 6.07) is 1.70. The number of aliphatic hydroxyl groups is 1. The highest BCUT2D eigenvalue weighted by atomic mass is 19.4. The van der Waals surface area contributed by atoms with Crippen LogP contribution in [0.5, 0.6) is 0 Å². The molecule has 1 aliphatic carbocycles. The van der Waals surface area contributed by atoms with Crippen LogP contribution < -0.4 is 4.90 Å². The van der Waals surface area contributed by atoms with Gasteiger partial charge in [0.05, 0.1) is 19.3 Å². The van der Waals surface area contributed by atoms with Gasteiger partial charge in [0.25, 0.3) is 0 Å². The van der Waals surface area contributed by atoms with Crippen LogP contribution in [0.3, 0.4) is 0 Å². The van der Waals surface area contributed by atoms with Crippen molar-refractivity contribution in [2.45, 2.75) is 39.3 Å². The second-order valence-corrected chi connectivity index (χ2v) is 7.95. The van der Waals surface area contributed by atoms with Crippen molar-refractivity contribution in [2.75, 3.05) is 32.2 Å². The van der Waals surface area contributed by atoms with Gasteiger partial charge >= 0.3 is 12.1 Å². The SMILES string of the molecule is CCCC1C=C(O)C(C(=N)C(F)(F)F)=CC=C1OCCCN(C)c1ncc(C(=O)OC)cc1C. The normalized spacial score (nSPS) is 16.1. The van der Waals surface area contributed by atoms with Gasteiger partial charge in [0.2, 0.25) is 0 Å². The average molecular weight is 482 g/mol. The number of anilines is 1. The monoisotopic (exact) mass is 481 g/mol. The van der Waals surface area contributed by atoms with Gasteiger partial charge in [-0.1, -0.05) is 13.3 Å². The van der Waals surface area contributed by atoms with Crippen LogP contribution in [0.1, 0.15) is 42.1 Å². The van der Waals surface area contributed by atoms with E-state index in [1.807, 2.05) is 25.8 Å². The average Bonchev–Trinajstić information content (AvgIpc) is 2.93. The first-order valence-corrected chi connectivity index (χ1v) is 10.9. The fourth-order valence-corrected chi connectivity index (χ4v) is 3.59. The summed E-state index contributed by atoms with van der Waals surface area (Å²) in [7, 11) is 3.16. The number of halogens is 3. The van der Waals surface area contributed by atoms with E-state index in [4.69, 9.17) is 14.9 Å². The number of hydrogen-bond donors (Lipinski definition) is 2. The zero-order valence-electron chi connectivity index (χ0n) is 19.7. The maximum Gasteiger partial charge on any atom is 0.433 e. The molecule has 0 fully saturated rings. The molecule has 1 aromatic heterocycles. The summed E-state index contributed by atoms with van der Waals surface area (Å²) in [6.45, 7) is 4.65. The van der Waals surface area contributed by atoms with Gasteiger partial charge in [0.15, 0.2) is 0 Å². The summed E-state index contributed by atoms with van der Waals surface area (Å²) in [5.74, 6) is -0.284. The molecule has 1 aromatic rings. The number of aromatic nitrogens is 1. The summed E-state index contributed by atoms with van der Waals surface area (Å²) in [6.07, 6.45) is 2.29. The van der Waals surface area contributed by atoms with Crippen LogP contribution in [0.25, 0.3) is 0 Å². The van der Waals surface area contributed by atoms with Crippen LogP contribution in [0.2, 0.25) is 0 Å². The number of carbonyl (C=O) groups excluding carboxylic acids is 1. The number of nitrogens with one attached hydrogen (secondary N) is 1. The van der Waals surface area contributed by atoms with Crippen molar-refractivity contribution in [2.24, 2.45) is 5.92 Å². The highest BCUT2D eigenvalue weighted by Crippen LogP contribution is 2.31. The third-order valence-electron chi connectivity index (χ3n) is 5.31. The van der Waals surface area contributed by atoms with Crippen LogP contribution in [0.4, 0.5) is 19.0 Å². The molecule has 0 spiro atoms. The molecule has 0 radical (unpaired) electrons. The number of carbonyl (C=O) groups is 1. The molecule has 0 saturated heterocycles. The van der Waals surface area contributed by atoms with Crippen LogP contribution in [-0.2, 0) is 9.47 Å². The van der Waals surface area contributed by atoms with Crippen LogP contribution in [0, 0.1) is 18.3 Å². The standard InChI is InChI=1S/C24H30F3N3O4/c1-5-7-16-13-19(31)18(21(28)24(25,26)27)8-9-20(16)34-11-6-10-30(3)22-15(2)12-17(14-29-22)23(32)33-4/h8-9,12-14,16,28,31H,5-7,10-11H2,1-4H3. The van der Waals surface area contributed by atoms with E-state index in [-0.39, 0.29) is 0 Å². The topological polar surface area (TPSA) is 95.7 Å². The minimum absolute atomic E-state index is 0.296. The molecule has 1 atom stereocenters. The Hall–Kier alpha value is -3.30. The van der Waals surface area contributed by atoms with Crippen LogP contribution >= 0.6 is 0 Å². The molecule has 0 bridgehead atoms. The molecule has 1 unspecified atom stereocenters. The zero-order valence-corrected chi connectivity index (χ0v) is 19.7. The van der Waals surface area contributed by atoms with Gasteiger partial charge in [-0.05, 0) is 49.6 Å². The van der Waals surface area contributed by atoms with Crippen molar-refractivity contribution in [3.63, 3.8) is 0 Å². The van der Waals surface area contributed by atoms with Gasteiger partial charge in [-0.25, -0.2) is 9.78 Å². The van der Waals surface area contributed by atoms with Gasteiger partial charge in [-0.2, -0.15) is 13.2 Å². The molecule has 2 rings (SSSR count). The minimum atomic E-state index is -4.86. The number of methoxy groups -OCH3 is 1. The zero-order chi connectivity index (χ0) is 25.5. The first-order valence-electron chi connectivity index (χ1n) is 10.9. The van der Waals surface area contributed by atoms with E-state index in [9.17, 15) is 23.1 Å². The summed E-state index contributed by atoms with van der Waals surface area (Å²) in [5, 5.41) is 17.5. The number of rotatable bonds is 10. The Morgan fingerprint density at radius 3 is 2.62 bits per heavy atom. The van der Waals surface area contributed by atoms with Crippen molar-refractivity contribution >= 4 is 17.5 Å². The Kier molecular flexibility index (Phi) is 9.28. The van der Waals surface area contributed by atoms with Crippen molar-refractivity contribution < 1.29 is 32.5 Å². The third-order valence-corrected chi connectivity index (χ3v) is 5.31. The van der Waals surface area contributed by atoms with E-state index >= 15 is 0 Å². The third kappa shape index (κ3) is 6.85. The number of nitrogens with zero attached hydrogens (tertiary/aromatic N) is 2. The molecule has 7 nitrogen and oxygen atoms in total. The molecule has 0 saturated carbocycles. The first-order chi connectivity index (χ1) is 16.0. The van der Waals surface area contributed by atoms with Gasteiger partial charge < -0.3 is 19.5 Å². The van der Waals surface area contributed by atoms with E-state index in [1.54, 1.807) is 6.07 Å². The lowest BCUT2D eigenvalue weighted by molar-refractivity contribution is -0.0590. The fraction of sp³-hybridized carbons (Fsp3) is 0.458. The molecule has 1 heterocycles. The maximum atomic E-state index is 13.0. The van der Waals surface area contributed by atoms with Gasteiger partial charge in [0, 0.05) is 31.3 Å². The Bertz CT molecular complexity index is 1000. The smallest absolute Gasteiger partial charge is 0.433 e. The number of esters is 1. The molecule has 1 aliphatic rings. The molecule has 34 heavy (non-hydrogen) atoms. The summed E-state index contributed by atoms with van der Waals surface area (Å²) >= 11 is 0. The lowest BCUT2D eigenvalue weighted by Gasteiger charge is -2.21. The maximum absolute atomic E-state index is 13.0. The lowest BCUT2D eigenvalue weighted by Crippen LogP contribution is -2.24. The molecule has 0 aromatic carbocycles. The number of pyridine rings is 1. The summed E-state index contributed by atoms with van der Waals surface area (Å²) in [4.78, 5) is 17.9. The quantitative estimate of drug-likeness (QED) is 0.268. The Morgan fingerprint density at radius 2 is 2.03 bits per heavy atom. The fourth-order valence-electron chi connectivity index (χ4n) is 3.59. The first kappa shape index (κ1) is 26.9. The summed E-state index contributed by atoms with van der Waals surface area (Å²) in [5.41, 5.74) is -1.00. The van der Waals surface area contributed by atoms with E-state index in [1.165, 1.54) is 25.5 Å². The second kappa shape index (κ2) is 11.7. The predicted molar refractivity (Wildman–Crippen MR) is 123 cm³/mol. The van der Waals surface area contributed by atoms with Crippen molar-refractivity contribution in [3.05, 3.63) is 58.7 Å². The number of allylic oxidation sites excluding steroid dienone is 4. The van der Waals surface area contributed by atoms with Gasteiger partial charge in [0.1, 0.15) is 23.0 Å². The molecule has 2 N–H and O–H groups in total. The van der Waals surface area contributed by atoms with Crippen molar-refractivity contribution in [3.8, 4) is 0 Å². The largest absolute Gasteiger partial charge is 0.508 e.